The Bertz CT molecular complexity index is 1380. The van der Waals surface area contributed by atoms with Crippen LogP contribution in [-0.4, -0.2) is 61.8 Å². The number of ether oxygens (including phenoxy) is 1. The molecule has 3 aromatic carbocycles. The summed E-state index contributed by atoms with van der Waals surface area (Å²) in [4.78, 5) is 12.3. The topological polar surface area (TPSA) is 62.3 Å². The molecule has 0 bridgehead atoms. The van der Waals surface area contributed by atoms with Crippen molar-refractivity contribution in [1.29, 1.82) is 0 Å². The van der Waals surface area contributed by atoms with Gasteiger partial charge in [0.25, 0.3) is 0 Å². The summed E-state index contributed by atoms with van der Waals surface area (Å²) in [5.41, 5.74) is 5.43. The second-order valence-electron chi connectivity index (χ2n) is 10.5. The third-order valence-corrected chi connectivity index (χ3v) is 7.68. The first-order chi connectivity index (χ1) is 19.1. The lowest BCUT2D eigenvalue weighted by atomic mass is 9.95. The molecule has 1 saturated heterocycles. The molecular weight excluding hydrogens is 506 g/mol. The minimum atomic E-state index is 0.676. The van der Waals surface area contributed by atoms with Gasteiger partial charge in [0.05, 0.1) is 12.1 Å². The van der Waals surface area contributed by atoms with Crippen LogP contribution in [0.25, 0.3) is 33.4 Å². The van der Waals surface area contributed by atoms with Crippen molar-refractivity contribution in [3.05, 3.63) is 77.3 Å². The lowest BCUT2D eigenvalue weighted by Gasteiger charge is -2.29. The molecule has 2 N–H and O–H groups in total. The van der Waals surface area contributed by atoms with Crippen molar-refractivity contribution >= 4 is 28.3 Å². The number of rotatable bonds is 11. The maximum Gasteiger partial charge on any atom is 0.162 e. The summed E-state index contributed by atoms with van der Waals surface area (Å²) in [6.07, 6.45) is 3.72. The third kappa shape index (κ3) is 7.34. The lowest BCUT2D eigenvalue weighted by molar-refractivity contribution is 0.199. The number of nitrogens with zero attached hydrogens (tertiary/aromatic N) is 3. The van der Waals surface area contributed by atoms with Gasteiger partial charge in [-0.1, -0.05) is 54.1 Å². The lowest BCUT2D eigenvalue weighted by Crippen LogP contribution is -2.32. The van der Waals surface area contributed by atoms with Crippen molar-refractivity contribution in [3.63, 3.8) is 0 Å². The SMILES string of the molecule is COCCNCc1cccc(-c2ccc(-c3nc(NCCC4CCCN(C)C4)c4ccc(Cl)cc4n3)cc2)c1. The van der Waals surface area contributed by atoms with Crippen molar-refractivity contribution in [1.82, 2.24) is 20.2 Å². The zero-order valence-corrected chi connectivity index (χ0v) is 23.7. The number of hydrogen-bond donors (Lipinski definition) is 2. The number of fused-ring (bicyclic) bond motifs is 1. The molecule has 1 aliphatic rings. The number of hydrogen-bond acceptors (Lipinski definition) is 6. The maximum absolute atomic E-state index is 6.34. The Morgan fingerprint density at radius 1 is 0.974 bits per heavy atom. The summed E-state index contributed by atoms with van der Waals surface area (Å²) in [7, 11) is 3.94. The maximum atomic E-state index is 6.34. The molecule has 0 spiro atoms. The molecule has 7 heteroatoms. The first-order valence-corrected chi connectivity index (χ1v) is 14.3. The second kappa shape index (κ2) is 13.4. The van der Waals surface area contributed by atoms with E-state index in [-0.39, 0.29) is 0 Å². The number of methoxy groups -OCH3 is 1. The third-order valence-electron chi connectivity index (χ3n) is 7.44. The van der Waals surface area contributed by atoms with Gasteiger partial charge in [-0.3, -0.25) is 0 Å². The molecule has 0 radical (unpaired) electrons. The molecule has 204 valence electrons. The van der Waals surface area contributed by atoms with Crippen LogP contribution < -0.4 is 10.6 Å². The highest BCUT2D eigenvalue weighted by molar-refractivity contribution is 6.31. The quantitative estimate of drug-likeness (QED) is 0.211. The molecule has 0 saturated carbocycles. The highest BCUT2D eigenvalue weighted by atomic mass is 35.5. The highest BCUT2D eigenvalue weighted by Gasteiger charge is 2.17. The molecule has 1 unspecified atom stereocenters. The molecule has 1 aromatic heterocycles. The van der Waals surface area contributed by atoms with Crippen LogP contribution in [0.15, 0.2) is 66.7 Å². The van der Waals surface area contributed by atoms with Gasteiger partial charge < -0.3 is 20.3 Å². The summed E-state index contributed by atoms with van der Waals surface area (Å²) in [6.45, 7) is 5.63. The van der Waals surface area contributed by atoms with Gasteiger partial charge in [0, 0.05) is 49.3 Å². The number of anilines is 1. The Morgan fingerprint density at radius 2 is 1.82 bits per heavy atom. The molecular formula is C32H38ClN5O. The molecule has 2 heterocycles. The van der Waals surface area contributed by atoms with Crippen molar-refractivity contribution in [2.45, 2.75) is 25.8 Å². The van der Waals surface area contributed by atoms with Gasteiger partial charge >= 0.3 is 0 Å². The Hall–Kier alpha value is -3.03. The average Bonchev–Trinajstić information content (AvgIpc) is 2.95. The van der Waals surface area contributed by atoms with Crippen LogP contribution in [-0.2, 0) is 11.3 Å². The predicted molar refractivity (Wildman–Crippen MR) is 162 cm³/mol. The Labute approximate surface area is 236 Å². The fraction of sp³-hybridized carbons (Fsp3) is 0.375. The molecule has 0 aliphatic carbocycles. The van der Waals surface area contributed by atoms with Crippen molar-refractivity contribution in [2.24, 2.45) is 5.92 Å². The zero-order valence-electron chi connectivity index (χ0n) is 22.9. The molecule has 6 nitrogen and oxygen atoms in total. The summed E-state index contributed by atoms with van der Waals surface area (Å²) in [6, 6.07) is 23.0. The molecule has 4 aromatic rings. The van der Waals surface area contributed by atoms with Gasteiger partial charge in [-0.05, 0) is 79.7 Å². The zero-order chi connectivity index (χ0) is 27.0. The van der Waals surface area contributed by atoms with Crippen LogP contribution in [0.5, 0.6) is 0 Å². The van der Waals surface area contributed by atoms with E-state index in [2.05, 4.69) is 71.1 Å². The summed E-state index contributed by atoms with van der Waals surface area (Å²) >= 11 is 6.34. The van der Waals surface area contributed by atoms with Crippen LogP contribution in [0, 0.1) is 5.92 Å². The number of nitrogens with one attached hydrogen (secondary N) is 2. The predicted octanol–water partition coefficient (Wildman–Crippen LogP) is 6.50. The van der Waals surface area contributed by atoms with E-state index in [0.29, 0.717) is 17.5 Å². The average molecular weight is 544 g/mol. The first kappa shape index (κ1) is 27.5. The Balaban J connectivity index is 1.33. The summed E-state index contributed by atoms with van der Waals surface area (Å²) < 4.78 is 5.12. The van der Waals surface area contributed by atoms with E-state index in [9.17, 15) is 0 Å². The van der Waals surface area contributed by atoms with Crippen LogP contribution in [0.4, 0.5) is 5.82 Å². The number of aromatic nitrogens is 2. The van der Waals surface area contributed by atoms with E-state index < -0.39 is 0 Å². The standard InChI is InChI=1S/C32H38ClN5O/c1-38-17-4-6-23(22-38)14-15-35-32-29-13-12-28(33)20-30(29)36-31(37-32)26-10-8-25(9-11-26)27-7-3-5-24(19-27)21-34-16-18-39-2/h3,5,7-13,19-20,23,34H,4,6,14-18,21-22H2,1-2H3,(H,35,36,37). The Morgan fingerprint density at radius 3 is 2.64 bits per heavy atom. The molecule has 1 fully saturated rings. The van der Waals surface area contributed by atoms with Crippen LogP contribution in [0.2, 0.25) is 5.02 Å². The van der Waals surface area contributed by atoms with Gasteiger partial charge in [-0.25, -0.2) is 9.97 Å². The molecule has 1 atom stereocenters. The number of piperidine rings is 1. The van der Waals surface area contributed by atoms with Crippen LogP contribution in [0.3, 0.4) is 0 Å². The fourth-order valence-electron chi connectivity index (χ4n) is 5.35. The summed E-state index contributed by atoms with van der Waals surface area (Å²) in [5, 5.41) is 8.71. The number of benzene rings is 3. The normalized spacial score (nSPS) is 16.0. The molecule has 1 aliphatic heterocycles. The Kier molecular flexibility index (Phi) is 9.43. The molecule has 39 heavy (non-hydrogen) atoms. The van der Waals surface area contributed by atoms with E-state index in [1.807, 2.05) is 18.2 Å². The van der Waals surface area contributed by atoms with E-state index in [4.69, 9.17) is 26.3 Å². The van der Waals surface area contributed by atoms with E-state index in [1.165, 1.54) is 37.1 Å². The molecule has 0 amide bonds. The summed E-state index contributed by atoms with van der Waals surface area (Å²) in [5.74, 6) is 2.30. The van der Waals surface area contributed by atoms with Crippen molar-refractivity contribution < 1.29 is 4.74 Å². The van der Waals surface area contributed by atoms with E-state index in [0.717, 1.165) is 59.8 Å². The smallest absolute Gasteiger partial charge is 0.162 e. The van der Waals surface area contributed by atoms with E-state index >= 15 is 0 Å². The van der Waals surface area contributed by atoms with Gasteiger partial charge in [-0.15, -0.1) is 0 Å². The van der Waals surface area contributed by atoms with Gasteiger partial charge in [0.1, 0.15) is 5.82 Å². The minimum absolute atomic E-state index is 0.676. The highest BCUT2D eigenvalue weighted by Crippen LogP contribution is 2.29. The van der Waals surface area contributed by atoms with Crippen molar-refractivity contribution in [3.8, 4) is 22.5 Å². The fourth-order valence-corrected chi connectivity index (χ4v) is 5.52. The van der Waals surface area contributed by atoms with Gasteiger partial charge in [0.15, 0.2) is 5.82 Å². The van der Waals surface area contributed by atoms with E-state index in [1.54, 1.807) is 7.11 Å². The largest absolute Gasteiger partial charge is 0.383 e. The molecule has 5 rings (SSSR count). The second-order valence-corrected chi connectivity index (χ2v) is 10.9. The minimum Gasteiger partial charge on any atom is -0.383 e. The van der Waals surface area contributed by atoms with Crippen molar-refractivity contribution in [2.75, 3.05) is 52.3 Å². The van der Waals surface area contributed by atoms with Gasteiger partial charge in [-0.2, -0.15) is 0 Å². The number of likely N-dealkylation sites (tertiary alicyclic amines) is 1. The monoisotopic (exact) mass is 543 g/mol. The van der Waals surface area contributed by atoms with Crippen LogP contribution >= 0.6 is 11.6 Å². The first-order valence-electron chi connectivity index (χ1n) is 13.9. The van der Waals surface area contributed by atoms with Crippen LogP contribution in [0.1, 0.15) is 24.8 Å². The van der Waals surface area contributed by atoms with Gasteiger partial charge in [0.2, 0.25) is 0 Å². The number of halogens is 1.